The van der Waals surface area contributed by atoms with E-state index in [1.807, 2.05) is 12.1 Å². The summed E-state index contributed by atoms with van der Waals surface area (Å²) in [6, 6.07) is 5.21. The van der Waals surface area contributed by atoms with Gasteiger partial charge in [0, 0.05) is 12.6 Å². The second-order valence-electron chi connectivity index (χ2n) is 6.65. The third kappa shape index (κ3) is 4.03. The number of rotatable bonds is 5. The SMILES string of the molecule is CCN(C(=O)COC(=O)c1ccc2c(c1)CCC2)[C@@H]1CCS(=O)(=O)C1. The Balaban J connectivity index is 1.58. The molecule has 136 valence electrons. The first-order valence-corrected chi connectivity index (χ1v) is 10.5. The predicted molar refractivity (Wildman–Crippen MR) is 93.2 cm³/mol. The molecule has 25 heavy (non-hydrogen) atoms. The van der Waals surface area contributed by atoms with Crippen LogP contribution in [0.15, 0.2) is 18.2 Å². The predicted octanol–water partition coefficient (Wildman–Crippen LogP) is 1.37. The number of fused-ring (bicyclic) bond motifs is 1. The minimum absolute atomic E-state index is 0.00858. The molecule has 1 aliphatic heterocycles. The molecule has 0 spiro atoms. The molecule has 0 aromatic heterocycles. The van der Waals surface area contributed by atoms with E-state index in [9.17, 15) is 18.0 Å². The monoisotopic (exact) mass is 365 g/mol. The third-order valence-corrected chi connectivity index (χ3v) is 6.72. The van der Waals surface area contributed by atoms with Crippen molar-refractivity contribution in [3.05, 3.63) is 34.9 Å². The zero-order valence-corrected chi connectivity index (χ0v) is 15.2. The summed E-state index contributed by atoms with van der Waals surface area (Å²) < 4.78 is 28.4. The summed E-state index contributed by atoms with van der Waals surface area (Å²) in [4.78, 5) is 26.0. The van der Waals surface area contributed by atoms with Crippen LogP contribution in [-0.2, 0) is 32.2 Å². The van der Waals surface area contributed by atoms with E-state index in [0.29, 0.717) is 18.5 Å². The molecule has 7 heteroatoms. The lowest BCUT2D eigenvalue weighted by Crippen LogP contribution is -2.43. The lowest BCUT2D eigenvalue weighted by atomic mass is 10.1. The minimum atomic E-state index is -3.07. The number of ether oxygens (including phenoxy) is 1. The molecule has 1 aromatic carbocycles. The van der Waals surface area contributed by atoms with Crippen LogP contribution in [0.2, 0.25) is 0 Å². The number of benzene rings is 1. The topological polar surface area (TPSA) is 80.8 Å². The lowest BCUT2D eigenvalue weighted by molar-refractivity contribution is -0.136. The van der Waals surface area contributed by atoms with Gasteiger partial charge in [0.1, 0.15) is 0 Å². The molecule has 3 rings (SSSR count). The van der Waals surface area contributed by atoms with Crippen molar-refractivity contribution in [2.45, 2.75) is 38.6 Å². The molecule has 1 aromatic rings. The Bertz CT molecular complexity index is 787. The Hall–Kier alpha value is -1.89. The fourth-order valence-corrected chi connectivity index (χ4v) is 5.38. The highest BCUT2D eigenvalue weighted by atomic mass is 32.2. The van der Waals surface area contributed by atoms with E-state index in [-0.39, 0.29) is 30.1 Å². The van der Waals surface area contributed by atoms with E-state index in [1.54, 1.807) is 13.0 Å². The van der Waals surface area contributed by atoms with Gasteiger partial charge < -0.3 is 9.64 Å². The van der Waals surface area contributed by atoms with Crippen LogP contribution in [0.1, 0.15) is 41.3 Å². The summed E-state index contributed by atoms with van der Waals surface area (Å²) in [5.41, 5.74) is 2.90. The number of esters is 1. The van der Waals surface area contributed by atoms with Crippen molar-refractivity contribution in [2.24, 2.45) is 0 Å². The molecule has 0 N–H and O–H groups in total. The highest BCUT2D eigenvalue weighted by Crippen LogP contribution is 2.23. The average molecular weight is 365 g/mol. The summed E-state index contributed by atoms with van der Waals surface area (Å²) >= 11 is 0. The molecular weight excluding hydrogens is 342 g/mol. The van der Waals surface area contributed by atoms with Gasteiger partial charge in [-0.2, -0.15) is 0 Å². The first-order valence-electron chi connectivity index (χ1n) is 8.68. The number of hydrogen-bond donors (Lipinski definition) is 0. The fourth-order valence-electron chi connectivity index (χ4n) is 3.65. The van der Waals surface area contributed by atoms with Crippen LogP contribution in [0.25, 0.3) is 0 Å². The van der Waals surface area contributed by atoms with Crippen LogP contribution in [-0.4, -0.2) is 55.9 Å². The van der Waals surface area contributed by atoms with E-state index in [4.69, 9.17) is 4.74 Å². The van der Waals surface area contributed by atoms with Crippen molar-refractivity contribution in [1.29, 1.82) is 0 Å². The van der Waals surface area contributed by atoms with Crippen molar-refractivity contribution in [2.75, 3.05) is 24.7 Å². The number of hydrogen-bond acceptors (Lipinski definition) is 5. The molecule has 1 fully saturated rings. The highest BCUT2D eigenvalue weighted by molar-refractivity contribution is 7.91. The molecule has 0 radical (unpaired) electrons. The molecule has 2 aliphatic rings. The Kier molecular flexibility index (Phi) is 5.13. The van der Waals surface area contributed by atoms with E-state index in [2.05, 4.69) is 0 Å². The largest absolute Gasteiger partial charge is 0.452 e. The maximum atomic E-state index is 12.3. The maximum Gasteiger partial charge on any atom is 0.338 e. The summed E-state index contributed by atoms with van der Waals surface area (Å²) in [5, 5.41) is 0. The van der Waals surface area contributed by atoms with Gasteiger partial charge in [0.2, 0.25) is 0 Å². The first-order chi connectivity index (χ1) is 11.9. The molecule has 1 atom stereocenters. The van der Waals surface area contributed by atoms with Crippen molar-refractivity contribution >= 4 is 21.7 Å². The molecule has 1 heterocycles. The quantitative estimate of drug-likeness (QED) is 0.736. The molecule has 1 aliphatic carbocycles. The zero-order chi connectivity index (χ0) is 18.0. The molecule has 1 saturated heterocycles. The fraction of sp³-hybridized carbons (Fsp3) is 0.556. The minimum Gasteiger partial charge on any atom is -0.452 e. The summed E-state index contributed by atoms with van der Waals surface area (Å²) in [6.07, 6.45) is 3.55. The Morgan fingerprint density at radius 3 is 2.68 bits per heavy atom. The number of aryl methyl sites for hydroxylation is 2. The van der Waals surface area contributed by atoms with Gasteiger partial charge in [-0.25, -0.2) is 13.2 Å². The number of likely N-dealkylation sites (N-methyl/N-ethyl adjacent to an activating group) is 1. The normalized spacial score (nSPS) is 20.9. The number of sulfone groups is 1. The summed E-state index contributed by atoms with van der Waals surface area (Å²) in [5.74, 6) is -0.765. The zero-order valence-electron chi connectivity index (χ0n) is 14.4. The molecule has 6 nitrogen and oxygen atoms in total. The lowest BCUT2D eigenvalue weighted by Gasteiger charge is -2.26. The van der Waals surface area contributed by atoms with Crippen molar-refractivity contribution in [3.8, 4) is 0 Å². The smallest absolute Gasteiger partial charge is 0.338 e. The molecule has 0 unspecified atom stereocenters. The van der Waals surface area contributed by atoms with Gasteiger partial charge in [-0.1, -0.05) is 6.07 Å². The Morgan fingerprint density at radius 2 is 2.00 bits per heavy atom. The highest BCUT2D eigenvalue weighted by Gasteiger charge is 2.34. The first kappa shape index (κ1) is 17.9. The van der Waals surface area contributed by atoms with Gasteiger partial charge >= 0.3 is 5.97 Å². The van der Waals surface area contributed by atoms with E-state index in [0.717, 1.165) is 19.3 Å². The Labute approximate surface area is 148 Å². The number of nitrogens with zero attached hydrogens (tertiary/aromatic N) is 1. The number of amides is 1. The molecule has 1 amide bonds. The van der Waals surface area contributed by atoms with Crippen molar-refractivity contribution in [1.82, 2.24) is 4.90 Å². The second kappa shape index (κ2) is 7.15. The number of carbonyl (C=O) groups is 2. The summed E-state index contributed by atoms with van der Waals surface area (Å²) in [6.45, 7) is 1.83. The van der Waals surface area contributed by atoms with Crippen molar-refractivity contribution in [3.63, 3.8) is 0 Å². The van der Waals surface area contributed by atoms with Gasteiger partial charge in [-0.3, -0.25) is 4.79 Å². The van der Waals surface area contributed by atoms with Gasteiger partial charge in [0.05, 0.1) is 17.1 Å². The van der Waals surface area contributed by atoms with Gasteiger partial charge in [-0.15, -0.1) is 0 Å². The average Bonchev–Trinajstić information content (AvgIpc) is 3.18. The Morgan fingerprint density at radius 1 is 1.24 bits per heavy atom. The van der Waals surface area contributed by atoms with Crippen LogP contribution in [0.3, 0.4) is 0 Å². The van der Waals surface area contributed by atoms with E-state index >= 15 is 0 Å². The molecule has 0 saturated carbocycles. The van der Waals surface area contributed by atoms with Crippen LogP contribution in [0, 0.1) is 0 Å². The van der Waals surface area contributed by atoms with Crippen molar-refractivity contribution < 1.29 is 22.7 Å². The van der Waals surface area contributed by atoms with Gasteiger partial charge in [0.25, 0.3) is 5.91 Å². The summed E-state index contributed by atoms with van der Waals surface area (Å²) in [7, 11) is -3.07. The van der Waals surface area contributed by atoms with E-state index in [1.165, 1.54) is 16.0 Å². The van der Waals surface area contributed by atoms with E-state index < -0.39 is 15.8 Å². The van der Waals surface area contributed by atoms with Crippen LogP contribution in [0.5, 0.6) is 0 Å². The van der Waals surface area contributed by atoms with Gasteiger partial charge in [-0.05, 0) is 55.9 Å². The standard InChI is InChI=1S/C18H23NO5S/c1-2-19(16-8-9-25(22,23)12-16)17(20)11-24-18(21)15-7-6-13-4-3-5-14(13)10-15/h6-7,10,16H,2-5,8-9,11-12H2,1H3/t16-/m1/s1. The number of carbonyl (C=O) groups excluding carboxylic acids is 2. The van der Waals surface area contributed by atoms with Crippen LogP contribution in [0.4, 0.5) is 0 Å². The maximum absolute atomic E-state index is 12.3. The molecule has 0 bridgehead atoms. The van der Waals surface area contributed by atoms with Crippen LogP contribution >= 0.6 is 0 Å². The van der Waals surface area contributed by atoms with Crippen LogP contribution < -0.4 is 0 Å². The molecular formula is C18H23NO5S. The second-order valence-corrected chi connectivity index (χ2v) is 8.88. The van der Waals surface area contributed by atoms with Gasteiger partial charge in [0.15, 0.2) is 16.4 Å². The third-order valence-electron chi connectivity index (χ3n) is 4.97.